The Kier molecular flexibility index (Phi) is 8.54. The zero-order valence-electron chi connectivity index (χ0n) is 36.0. The summed E-state index contributed by atoms with van der Waals surface area (Å²) in [5.41, 5.74) is 20.1. The van der Waals surface area contributed by atoms with Gasteiger partial charge in [-0.1, -0.05) is 157 Å². The fourth-order valence-corrected chi connectivity index (χ4v) is 11.0. The minimum atomic E-state index is -0.0792. The van der Waals surface area contributed by atoms with Gasteiger partial charge in [0.15, 0.2) is 0 Å². The van der Waals surface area contributed by atoms with Crippen LogP contribution in [0.2, 0.25) is 0 Å². The van der Waals surface area contributed by atoms with E-state index < -0.39 is 0 Å². The molecule has 0 saturated carbocycles. The van der Waals surface area contributed by atoms with Gasteiger partial charge in [0, 0.05) is 54.0 Å². The monoisotopic (exact) mass is 804 g/mol. The predicted molar refractivity (Wildman–Crippen MR) is 266 cm³/mol. The highest BCUT2D eigenvalue weighted by Crippen LogP contribution is 2.51. The smallest absolute Gasteiger partial charge is 0.333 e. The fourth-order valence-electron chi connectivity index (χ4n) is 9.84. The molecular formula is C57H49BN2S. The molecule has 61 heavy (non-hydrogen) atoms. The molecule has 8 aromatic carbocycles. The molecule has 296 valence electrons. The van der Waals surface area contributed by atoms with E-state index in [0.717, 1.165) is 0 Å². The second-order valence-electron chi connectivity index (χ2n) is 19.1. The first kappa shape index (κ1) is 37.6. The first-order valence-corrected chi connectivity index (χ1v) is 22.4. The molecule has 3 heterocycles. The van der Waals surface area contributed by atoms with Crippen LogP contribution < -0.4 is 20.6 Å². The highest BCUT2D eigenvalue weighted by Gasteiger charge is 2.46. The van der Waals surface area contributed by atoms with Crippen molar-refractivity contribution in [1.82, 2.24) is 0 Å². The highest BCUT2D eigenvalue weighted by molar-refractivity contribution is 7.26. The first-order chi connectivity index (χ1) is 29.4. The summed E-state index contributed by atoms with van der Waals surface area (Å²) in [4.78, 5) is 5.26. The Morgan fingerprint density at radius 3 is 1.82 bits per heavy atom. The van der Waals surface area contributed by atoms with Crippen molar-refractivity contribution >= 4 is 77.7 Å². The van der Waals surface area contributed by atoms with Gasteiger partial charge in [-0.15, -0.1) is 11.3 Å². The minimum absolute atomic E-state index is 0.0120. The van der Waals surface area contributed by atoms with E-state index >= 15 is 0 Å². The van der Waals surface area contributed by atoms with Crippen molar-refractivity contribution in [1.29, 1.82) is 0 Å². The van der Waals surface area contributed by atoms with Crippen LogP contribution >= 0.6 is 11.3 Å². The van der Waals surface area contributed by atoms with Gasteiger partial charge in [0.1, 0.15) is 0 Å². The highest BCUT2D eigenvalue weighted by atomic mass is 32.1. The third-order valence-electron chi connectivity index (χ3n) is 13.0. The number of benzene rings is 8. The molecule has 9 aromatic rings. The van der Waals surface area contributed by atoms with Crippen molar-refractivity contribution in [3.8, 4) is 33.4 Å². The molecule has 1 aromatic heterocycles. The number of fused-ring (bicyclic) bond motifs is 7. The van der Waals surface area contributed by atoms with Crippen LogP contribution in [0, 0.1) is 6.92 Å². The van der Waals surface area contributed by atoms with E-state index in [0.29, 0.717) is 0 Å². The van der Waals surface area contributed by atoms with Crippen LogP contribution in [0.15, 0.2) is 170 Å². The number of nitrogens with zero attached hydrogens (tertiary/aromatic N) is 2. The van der Waals surface area contributed by atoms with Gasteiger partial charge in [-0.2, -0.15) is 0 Å². The third kappa shape index (κ3) is 6.14. The van der Waals surface area contributed by atoms with Gasteiger partial charge in [-0.3, -0.25) is 0 Å². The number of rotatable bonds is 4. The van der Waals surface area contributed by atoms with E-state index in [4.69, 9.17) is 0 Å². The van der Waals surface area contributed by atoms with Crippen LogP contribution in [0.1, 0.15) is 58.2 Å². The van der Waals surface area contributed by atoms with E-state index in [1.54, 1.807) is 0 Å². The maximum absolute atomic E-state index is 2.65. The molecule has 2 nitrogen and oxygen atoms in total. The normalized spacial score (nSPS) is 13.4. The molecule has 2 aliphatic rings. The summed E-state index contributed by atoms with van der Waals surface area (Å²) >= 11 is 1.90. The Labute approximate surface area is 364 Å². The second kappa shape index (κ2) is 13.8. The van der Waals surface area contributed by atoms with E-state index in [-0.39, 0.29) is 17.7 Å². The van der Waals surface area contributed by atoms with Gasteiger partial charge in [-0.05, 0) is 122 Å². The van der Waals surface area contributed by atoms with Crippen molar-refractivity contribution in [2.45, 2.75) is 59.3 Å². The average molecular weight is 805 g/mol. The van der Waals surface area contributed by atoms with Gasteiger partial charge in [-0.25, -0.2) is 0 Å². The summed E-state index contributed by atoms with van der Waals surface area (Å²) in [5.74, 6) is 0. The van der Waals surface area contributed by atoms with Crippen molar-refractivity contribution in [3.63, 3.8) is 0 Å². The van der Waals surface area contributed by atoms with E-state index in [1.165, 1.54) is 110 Å². The Morgan fingerprint density at radius 1 is 0.443 bits per heavy atom. The quantitative estimate of drug-likeness (QED) is 0.164. The van der Waals surface area contributed by atoms with Gasteiger partial charge in [0.25, 0.3) is 0 Å². The van der Waals surface area contributed by atoms with Gasteiger partial charge in [0.05, 0.1) is 5.69 Å². The Hall–Kier alpha value is -6.36. The topological polar surface area (TPSA) is 6.48 Å². The largest absolute Gasteiger partial charge is 0.376 e. The van der Waals surface area contributed by atoms with Crippen LogP contribution in [-0.2, 0) is 10.8 Å². The molecule has 0 aliphatic carbocycles. The van der Waals surface area contributed by atoms with Gasteiger partial charge in [0.2, 0.25) is 0 Å². The number of hydrogen-bond acceptors (Lipinski definition) is 3. The predicted octanol–water partition coefficient (Wildman–Crippen LogP) is 15.0. The number of thiophene rings is 1. The standard InChI is InChI=1S/C57H49BN2S/c1-36-30-47-45-32-39(37-16-10-8-11-17-37)22-28-50(45)60(42-26-23-40(24-27-42)56(2,3)4)58-48-34-46-43-20-14-15-21-53(43)61-54(46)35-51(48)59(52(31-36)55(47)58)49-29-25-41(57(5,6)7)33-44(49)38-18-12-9-13-19-38/h8-35H,1-7H3. The molecule has 0 unspecified atom stereocenters. The molecular weight excluding hydrogens is 756 g/mol. The summed E-state index contributed by atoms with van der Waals surface area (Å²) in [6.45, 7) is 16.0. The molecule has 0 fully saturated rings. The lowest BCUT2D eigenvalue weighted by Gasteiger charge is -2.46. The van der Waals surface area contributed by atoms with Crippen molar-refractivity contribution in [2.75, 3.05) is 9.71 Å². The third-order valence-corrected chi connectivity index (χ3v) is 14.1. The molecule has 0 N–H and O–H groups in total. The lowest BCUT2D eigenvalue weighted by Crippen LogP contribution is -2.61. The molecule has 0 bridgehead atoms. The second-order valence-corrected chi connectivity index (χ2v) is 20.2. The lowest BCUT2D eigenvalue weighted by molar-refractivity contribution is 0.590. The number of aryl methyl sites for hydroxylation is 1. The Morgan fingerprint density at radius 2 is 1.10 bits per heavy atom. The average Bonchev–Trinajstić information content (AvgIpc) is 3.63. The minimum Gasteiger partial charge on any atom is -0.376 e. The zero-order chi connectivity index (χ0) is 41.8. The maximum Gasteiger partial charge on any atom is 0.333 e. The van der Waals surface area contributed by atoms with Crippen molar-refractivity contribution in [3.05, 3.63) is 187 Å². The molecule has 0 amide bonds. The van der Waals surface area contributed by atoms with Crippen LogP contribution in [0.5, 0.6) is 0 Å². The Bertz CT molecular complexity index is 3170. The summed E-state index contributed by atoms with van der Waals surface area (Å²) < 4.78 is 2.62. The number of anilines is 5. The Balaban J connectivity index is 1.27. The maximum atomic E-state index is 2.65. The molecule has 0 saturated heterocycles. The van der Waals surface area contributed by atoms with E-state index in [1.807, 2.05) is 11.3 Å². The summed E-state index contributed by atoms with van der Waals surface area (Å²) in [6.07, 6.45) is 0. The van der Waals surface area contributed by atoms with E-state index in [9.17, 15) is 0 Å². The van der Waals surface area contributed by atoms with Crippen molar-refractivity contribution < 1.29 is 0 Å². The number of hydrogen-bond donors (Lipinski definition) is 0. The lowest BCUT2D eigenvalue weighted by atomic mass is 9.43. The summed E-state index contributed by atoms with van der Waals surface area (Å²) in [7, 11) is 0. The van der Waals surface area contributed by atoms with Crippen LogP contribution in [0.4, 0.5) is 28.4 Å². The molecule has 4 heteroatoms. The van der Waals surface area contributed by atoms with Crippen LogP contribution in [0.3, 0.4) is 0 Å². The molecule has 11 rings (SSSR count). The van der Waals surface area contributed by atoms with E-state index in [2.05, 4.69) is 228 Å². The molecule has 0 atom stereocenters. The summed E-state index contributed by atoms with van der Waals surface area (Å²) in [6, 6.07) is 64.4. The zero-order valence-corrected chi connectivity index (χ0v) is 36.9. The van der Waals surface area contributed by atoms with Gasteiger partial charge < -0.3 is 9.71 Å². The van der Waals surface area contributed by atoms with Gasteiger partial charge >= 0.3 is 6.85 Å². The SMILES string of the molecule is Cc1cc2c3c(c1)N(c1ccc(C(C)(C)C)cc1-c1ccccc1)c1cc4sc5ccccc5c4cc1B3N(c1ccc(C(C)(C)C)cc1)c1ccc(-c3ccccc3)cc1-2. The molecule has 0 radical (unpaired) electrons. The summed E-state index contributed by atoms with van der Waals surface area (Å²) in [5, 5.41) is 2.63. The fraction of sp³-hybridized carbons (Fsp3) is 0.158. The van der Waals surface area contributed by atoms with Crippen LogP contribution in [-0.4, -0.2) is 6.85 Å². The van der Waals surface area contributed by atoms with Crippen molar-refractivity contribution in [2.24, 2.45) is 0 Å². The molecule has 0 spiro atoms. The molecule has 2 aliphatic heterocycles. The van der Waals surface area contributed by atoms with Crippen LogP contribution in [0.25, 0.3) is 53.6 Å². The first-order valence-electron chi connectivity index (χ1n) is 21.6.